The van der Waals surface area contributed by atoms with Crippen molar-refractivity contribution in [3.05, 3.63) is 181 Å². The van der Waals surface area contributed by atoms with Crippen LogP contribution in [0.15, 0.2) is 158 Å². The molecule has 2 atom stereocenters. The number of hydrogen-bond acceptors (Lipinski definition) is 30. The van der Waals surface area contributed by atoms with Crippen LogP contribution in [0, 0.1) is 0 Å². The van der Waals surface area contributed by atoms with Crippen molar-refractivity contribution in [3.8, 4) is 34.5 Å². The quantitative estimate of drug-likeness (QED) is 0.00599. The molecule has 536 valence electrons. The highest BCUT2D eigenvalue weighted by Gasteiger charge is 2.33. The third-order valence-corrected chi connectivity index (χ3v) is 17.5. The average molecular weight is 1510 g/mol. The van der Waals surface area contributed by atoms with Gasteiger partial charge in [-0.15, -0.1) is 0 Å². The van der Waals surface area contributed by atoms with E-state index in [1.54, 1.807) is 142 Å². The summed E-state index contributed by atoms with van der Waals surface area (Å²) in [7, 11) is -20.4. The summed E-state index contributed by atoms with van der Waals surface area (Å²) < 4.78 is 175. The lowest BCUT2D eigenvalue weighted by atomic mass is 10.2. The summed E-state index contributed by atoms with van der Waals surface area (Å²) >= 11 is 0. The lowest BCUT2D eigenvalue weighted by Gasteiger charge is -2.23. The van der Waals surface area contributed by atoms with Crippen LogP contribution >= 0.6 is 0 Å². The highest BCUT2D eigenvalue weighted by molar-refractivity contribution is 6.72. The van der Waals surface area contributed by atoms with Crippen molar-refractivity contribution >= 4 is 75.3 Å². The Balaban J connectivity index is 0.000000358. The minimum atomic E-state index is -3.76. The third-order valence-electron chi connectivity index (χ3n) is 12.0. The van der Waals surface area contributed by atoms with Gasteiger partial charge in [0, 0.05) is 61.4 Å². The van der Waals surface area contributed by atoms with Gasteiger partial charge in [-0.2, -0.15) is 0 Å². The van der Waals surface area contributed by atoms with Gasteiger partial charge in [-0.05, 0) is 142 Å². The normalized spacial score (nSPS) is 17.3. The van der Waals surface area contributed by atoms with Crippen molar-refractivity contribution in [3.63, 3.8) is 0 Å². The van der Waals surface area contributed by atoms with E-state index < -0.39 is 70.6 Å². The van der Waals surface area contributed by atoms with Crippen molar-refractivity contribution in [1.29, 1.82) is 25.8 Å². The molecule has 8 rings (SSSR count). The van der Waals surface area contributed by atoms with Crippen LogP contribution in [-0.4, -0.2) is 222 Å². The standard InChI is InChI=1S/C12H18O6Si.C12H18O5Si.C11H16O5Si.C9H12O5Si.C9H12O4Si.C8H12O5Si/c1-12(2,3)18-11(13)17-10-6-4-9(5-7-10)8-19(14,15)16;13-18(14,15)9-10-4-6-11(7-5-10)17-12-3-1-2-8-16-12;12-17(13,14)10-6-4-9(5-7-10)16-11-3-1-2-8-15-11;1-7(10)14-9-4-2-8(3-5-9)6-15(11,12)13;1-2-13-9-5-3-8(4-6-9)7-14(10,11)12;1-12-6-13-7-2-4-8(5-3-7)14(9,10)11/h4-7,14-16H,8H2,1-3H3;4-7,12-15H,1-3,8-9H2;4-7,11-14H,1-3,8H2;2-5,11-13H,6H2,1H3;2-6,10-12H,1,7H2;2-5,9-11H,6H2,1H3/i14T,15T,16T;13T,14T,15T;12T,13T,14T;11T,12T,13T;10T,11T,12T;9T,10T,11T. The molecule has 2 fully saturated rings. The van der Waals surface area contributed by atoms with Crippen molar-refractivity contribution in [1.82, 2.24) is 0 Å². The number of ether oxygens (including phenoxy) is 10. The molecule has 18 N–H and O–H groups in total. The molecular formula is C61H88O30Si6. The second-order valence-corrected chi connectivity index (χ2v) is 32.3. The number of rotatable bonds is 39. The summed E-state index contributed by atoms with van der Waals surface area (Å²) in [5, 5.41) is 0.664. The first-order valence-electron chi connectivity index (χ1n) is 36.7. The average Bonchev–Trinajstić information content (AvgIpc) is 0.825. The van der Waals surface area contributed by atoms with E-state index in [4.69, 9.17) is 73.1 Å². The molecule has 2 aliphatic rings. The number of esters is 1. The van der Waals surface area contributed by atoms with Crippen LogP contribution in [0.5, 0.6) is 34.5 Å². The molecule has 2 heterocycles. The van der Waals surface area contributed by atoms with E-state index in [-0.39, 0.29) is 49.3 Å². The van der Waals surface area contributed by atoms with E-state index in [9.17, 15) is 9.59 Å². The Kier molecular flexibility index (Phi) is 24.8. The third kappa shape index (κ3) is 40.8. The van der Waals surface area contributed by atoms with Crippen LogP contribution in [-0.2, 0) is 47.9 Å². The molecule has 6 aromatic carbocycles. The first kappa shape index (κ1) is 59.3. The molecule has 0 spiro atoms. The van der Waals surface area contributed by atoms with E-state index >= 15 is 0 Å². The molecule has 0 aliphatic carbocycles. The Bertz CT molecular complexity index is 3560. The van der Waals surface area contributed by atoms with Crippen molar-refractivity contribution in [2.45, 2.75) is 109 Å². The molecule has 0 aromatic heterocycles. The topological polar surface area (TPSA) is 491 Å². The number of carbonyl (C=O) groups is 2. The zero-order valence-electron chi connectivity index (χ0n) is 71.2. The highest BCUT2D eigenvalue weighted by atomic mass is 28.4. The van der Waals surface area contributed by atoms with Gasteiger partial charge in [-0.1, -0.05) is 79.4 Å². The lowest BCUT2D eigenvalue weighted by Crippen LogP contribution is -2.48. The van der Waals surface area contributed by atoms with Crippen molar-refractivity contribution in [2.24, 2.45) is 0 Å². The second kappa shape index (κ2) is 40.5. The predicted octanol–water partition coefficient (Wildman–Crippen LogP) is -0.0898. The fraction of sp³-hybridized carbons (Fsp3) is 0.344. The van der Waals surface area contributed by atoms with Gasteiger partial charge in [0.2, 0.25) is 0 Å². The van der Waals surface area contributed by atoms with Gasteiger partial charge in [0.05, 0.1) is 19.5 Å². The van der Waals surface area contributed by atoms with Crippen molar-refractivity contribution < 1.29 is 143 Å². The Labute approximate surface area is 593 Å². The van der Waals surface area contributed by atoms with Gasteiger partial charge in [0.25, 0.3) is 0 Å². The van der Waals surface area contributed by atoms with Crippen LogP contribution < -0.4 is 38.8 Å². The zero-order valence-corrected chi connectivity index (χ0v) is 59.2. The van der Waals surface area contributed by atoms with E-state index in [1.807, 2.05) is 0 Å². The molecule has 0 bridgehead atoms. The molecule has 36 heteroatoms. The molecule has 6 aromatic rings. The summed E-state index contributed by atoms with van der Waals surface area (Å²) in [6.07, 6.45) is 6.06. The van der Waals surface area contributed by atoms with Gasteiger partial charge < -0.3 is 134 Å². The number of methoxy groups -OCH3 is 1. The lowest BCUT2D eigenvalue weighted by molar-refractivity contribution is -0.131. The second-order valence-electron chi connectivity index (χ2n) is 22.0. The monoisotopic (exact) mass is 1500 g/mol. The van der Waals surface area contributed by atoms with Crippen LogP contribution in [0.25, 0.3) is 0 Å². The van der Waals surface area contributed by atoms with Crippen LogP contribution in [0.2, 0.25) is 0 Å². The molecule has 2 unspecified atom stereocenters. The molecular weight excluding hydrogens is 1380 g/mol. The van der Waals surface area contributed by atoms with E-state index in [1.165, 1.54) is 44.6 Å². The number of hydrogen-bond donors (Lipinski definition) is 18. The Morgan fingerprint density at radius 3 is 1.10 bits per heavy atom. The van der Waals surface area contributed by atoms with Gasteiger partial charge in [0.1, 0.15) is 40.1 Å². The minimum Gasteiger partial charge on any atom is -0.468 e. The maximum absolute atomic E-state index is 11.5. The first-order valence-corrected chi connectivity index (χ1v) is 40.5. The maximum atomic E-state index is 11.5. The van der Waals surface area contributed by atoms with Gasteiger partial charge in [-0.25, -0.2) is 4.79 Å². The molecule has 0 saturated carbocycles. The first-order chi connectivity index (χ1) is 55.1. The minimum absolute atomic E-state index is 0.00382. The summed E-state index contributed by atoms with van der Waals surface area (Å²) in [5.74, 6) is 2.66. The predicted molar refractivity (Wildman–Crippen MR) is 357 cm³/mol. The fourth-order valence-electron chi connectivity index (χ4n) is 7.88. The summed E-state index contributed by atoms with van der Waals surface area (Å²) in [6, 6.07) is 39.0. The molecule has 0 amide bonds. The maximum Gasteiger partial charge on any atom is 0.528 e. The molecule has 2 saturated heterocycles. The Hall–Kier alpha value is -6.54. The van der Waals surface area contributed by atoms with Gasteiger partial charge in [-0.3, -0.25) is 4.79 Å². The SMILES string of the molecule is [3H]O[Si](Cc1ccc(OC(=O)OC(C)(C)C)cc1)(O[3H])O[3H].[3H]O[Si](Cc1ccc(OC(C)=O)cc1)(O[3H])O[3H].[3H]O[Si](Cc1ccc(OC2CCCCO2)cc1)(O[3H])O[3H].[3H]O[Si](Cc1ccc(OC=C)cc1)(O[3H])O[3H].[3H]O[Si](O[3H])(O[3H])c1ccc(OC2CCCCO2)cc1.[3H]O[Si](O[3H])(O[3H])c1ccc(OCOC)cc1. The Morgan fingerprint density at radius 1 is 0.474 bits per heavy atom. The smallest absolute Gasteiger partial charge is 0.468 e. The summed E-state index contributed by atoms with van der Waals surface area (Å²) in [4.78, 5) is 99.0. The molecule has 0 radical (unpaired) electrons. The van der Waals surface area contributed by atoms with Crippen LogP contribution in [0.1, 0.15) is 88.5 Å². The van der Waals surface area contributed by atoms with Crippen LogP contribution in [0.4, 0.5) is 4.79 Å². The molecule has 97 heavy (non-hydrogen) atoms. The largest absolute Gasteiger partial charge is 0.528 e. The fourth-order valence-corrected chi connectivity index (χ4v) is 12.0. The van der Waals surface area contributed by atoms with E-state index in [0.29, 0.717) is 56.9 Å². The van der Waals surface area contributed by atoms with Gasteiger partial charge in [0.15, 0.2) is 45.1 Å². The summed E-state index contributed by atoms with van der Waals surface area (Å²) in [6.45, 7) is 11.4. The number of benzene rings is 6. The van der Waals surface area contributed by atoms with E-state index in [0.717, 1.165) is 56.3 Å². The van der Waals surface area contributed by atoms with Crippen molar-refractivity contribution in [2.75, 3.05) is 27.1 Å². The Morgan fingerprint density at radius 2 is 0.804 bits per heavy atom. The van der Waals surface area contributed by atoms with Crippen LogP contribution in [0.3, 0.4) is 0 Å². The van der Waals surface area contributed by atoms with Gasteiger partial charge >= 0.3 is 65.0 Å². The summed E-state index contributed by atoms with van der Waals surface area (Å²) in [5.41, 5.74) is 2.06. The highest BCUT2D eigenvalue weighted by Crippen LogP contribution is 2.23. The molecule has 30 nitrogen and oxygen atoms in total. The number of carbonyl (C=O) groups excluding carboxylic acids is 2. The zero-order chi connectivity index (χ0) is 85.4. The van der Waals surface area contributed by atoms with E-state index in [2.05, 4.69) is 92.9 Å². The molecule has 2 aliphatic heterocycles.